The minimum atomic E-state index is -0.619. The number of hydrogen-bond acceptors (Lipinski definition) is 7. The van der Waals surface area contributed by atoms with Crippen LogP contribution in [0.3, 0.4) is 0 Å². The van der Waals surface area contributed by atoms with Gasteiger partial charge in [-0.15, -0.1) is 11.3 Å². The van der Waals surface area contributed by atoms with Crippen LogP contribution in [0.2, 0.25) is 0 Å². The maximum absolute atomic E-state index is 14.8. The quantitative estimate of drug-likeness (QED) is 0.667. The van der Waals surface area contributed by atoms with Crippen molar-refractivity contribution in [3.63, 3.8) is 0 Å². The Morgan fingerprint density at radius 1 is 1.21 bits per heavy atom. The molecule has 7 nitrogen and oxygen atoms in total. The number of aliphatic hydroxyl groups excluding tert-OH is 1. The van der Waals surface area contributed by atoms with E-state index in [0.29, 0.717) is 53.9 Å². The molecule has 1 unspecified atom stereocenters. The highest BCUT2D eigenvalue weighted by molar-refractivity contribution is 7.17. The van der Waals surface area contributed by atoms with E-state index in [-0.39, 0.29) is 11.5 Å². The van der Waals surface area contributed by atoms with E-state index >= 15 is 0 Å². The van der Waals surface area contributed by atoms with E-state index in [9.17, 15) is 14.3 Å². The Bertz CT molecular complexity index is 1070. The van der Waals surface area contributed by atoms with E-state index in [0.717, 1.165) is 5.69 Å². The van der Waals surface area contributed by atoms with Gasteiger partial charge in [0.15, 0.2) is 0 Å². The van der Waals surface area contributed by atoms with Crippen LogP contribution in [0.1, 0.15) is 21.8 Å². The molecule has 5 rings (SSSR count). The van der Waals surface area contributed by atoms with Crippen molar-refractivity contribution >= 4 is 28.7 Å². The van der Waals surface area contributed by atoms with Crippen LogP contribution in [0.4, 0.5) is 15.9 Å². The van der Waals surface area contributed by atoms with Crippen molar-refractivity contribution < 1.29 is 14.3 Å². The average Bonchev–Trinajstić information content (AvgIpc) is 3.36. The second-order valence-corrected chi connectivity index (χ2v) is 8.11. The molecule has 0 spiro atoms. The number of thiazole rings is 1. The molecule has 0 radical (unpaired) electrons. The molecule has 0 bridgehead atoms. The van der Waals surface area contributed by atoms with E-state index in [1.54, 1.807) is 35.5 Å². The van der Waals surface area contributed by atoms with Crippen LogP contribution in [0.15, 0.2) is 36.7 Å². The number of aliphatic hydroxyl groups is 1. The number of fused-ring (bicyclic) bond motifs is 1. The number of pyridine rings is 2. The van der Waals surface area contributed by atoms with Crippen molar-refractivity contribution in [1.29, 1.82) is 0 Å². The lowest BCUT2D eigenvalue weighted by Gasteiger charge is -2.25. The van der Waals surface area contributed by atoms with Crippen molar-refractivity contribution in [3.05, 3.63) is 53.2 Å². The summed E-state index contributed by atoms with van der Waals surface area (Å²) in [5.74, 6) is -0.256. The van der Waals surface area contributed by atoms with E-state index < -0.39 is 12.1 Å². The fourth-order valence-electron chi connectivity index (χ4n) is 3.72. The van der Waals surface area contributed by atoms with Crippen molar-refractivity contribution in [2.45, 2.75) is 18.9 Å². The maximum Gasteiger partial charge on any atom is 0.270 e. The van der Waals surface area contributed by atoms with Gasteiger partial charge >= 0.3 is 0 Å². The minimum Gasteiger partial charge on any atom is -0.391 e. The van der Waals surface area contributed by atoms with E-state index in [1.807, 2.05) is 11.0 Å². The molecule has 2 aliphatic heterocycles. The van der Waals surface area contributed by atoms with E-state index in [1.165, 1.54) is 11.3 Å². The third-order valence-corrected chi connectivity index (χ3v) is 6.34. The summed E-state index contributed by atoms with van der Waals surface area (Å²) in [4.78, 5) is 29.7. The number of halogens is 1. The van der Waals surface area contributed by atoms with Gasteiger partial charge in [-0.25, -0.2) is 9.97 Å². The smallest absolute Gasteiger partial charge is 0.270 e. The second kappa shape index (κ2) is 7.16. The monoisotopic (exact) mass is 411 g/mol. The predicted octanol–water partition coefficient (Wildman–Crippen LogP) is 2.51. The molecule has 0 aromatic carbocycles. The SMILES string of the molecule is O=C1c2sc(-c3ccc(N4CCC(O)C4)nc3F)nc2CCN1c1cccnc1. The largest absolute Gasteiger partial charge is 0.391 e. The zero-order chi connectivity index (χ0) is 20.0. The zero-order valence-corrected chi connectivity index (χ0v) is 16.3. The minimum absolute atomic E-state index is 0.140. The van der Waals surface area contributed by atoms with E-state index in [2.05, 4.69) is 15.0 Å². The summed E-state index contributed by atoms with van der Waals surface area (Å²) >= 11 is 1.19. The van der Waals surface area contributed by atoms with Crippen molar-refractivity contribution in [2.24, 2.45) is 0 Å². The zero-order valence-electron chi connectivity index (χ0n) is 15.5. The van der Waals surface area contributed by atoms with Crippen LogP contribution in [0.25, 0.3) is 10.6 Å². The molecule has 1 N–H and O–H groups in total. The lowest BCUT2D eigenvalue weighted by Crippen LogP contribution is -2.36. The first-order valence-electron chi connectivity index (χ1n) is 9.41. The molecule has 0 saturated carbocycles. The van der Waals surface area contributed by atoms with Gasteiger partial charge in [0.1, 0.15) is 15.7 Å². The van der Waals surface area contributed by atoms with Crippen LogP contribution >= 0.6 is 11.3 Å². The van der Waals surface area contributed by atoms with Gasteiger partial charge in [0.05, 0.1) is 29.2 Å². The maximum atomic E-state index is 14.8. The Kier molecular flexibility index (Phi) is 4.48. The molecule has 2 aliphatic rings. The normalized spacial score (nSPS) is 19.0. The molecule has 0 aliphatic carbocycles. The van der Waals surface area contributed by atoms with E-state index in [4.69, 9.17) is 0 Å². The van der Waals surface area contributed by atoms with Crippen LogP contribution in [-0.4, -0.2) is 51.7 Å². The lowest BCUT2D eigenvalue weighted by molar-refractivity contribution is 0.0984. The lowest BCUT2D eigenvalue weighted by atomic mass is 10.1. The van der Waals surface area contributed by atoms with Crippen LogP contribution in [0.5, 0.6) is 0 Å². The summed E-state index contributed by atoms with van der Waals surface area (Å²) in [7, 11) is 0. The Morgan fingerprint density at radius 3 is 2.83 bits per heavy atom. The van der Waals surface area contributed by atoms with Gasteiger partial charge in [-0.1, -0.05) is 0 Å². The highest BCUT2D eigenvalue weighted by atomic mass is 32.1. The number of aromatic nitrogens is 3. The fraction of sp³-hybridized carbons (Fsp3) is 0.300. The van der Waals surface area contributed by atoms with Gasteiger partial charge in [0.2, 0.25) is 5.95 Å². The topological polar surface area (TPSA) is 82.5 Å². The van der Waals surface area contributed by atoms with Gasteiger partial charge < -0.3 is 14.9 Å². The summed E-state index contributed by atoms with van der Waals surface area (Å²) in [6.45, 7) is 1.62. The van der Waals surface area contributed by atoms with Gasteiger partial charge in [-0.05, 0) is 30.7 Å². The van der Waals surface area contributed by atoms with Gasteiger partial charge in [0, 0.05) is 32.3 Å². The molecule has 1 atom stereocenters. The summed E-state index contributed by atoms with van der Waals surface area (Å²) in [5, 5.41) is 10.1. The third kappa shape index (κ3) is 3.26. The van der Waals surface area contributed by atoms with Gasteiger partial charge in [0.25, 0.3) is 5.91 Å². The summed E-state index contributed by atoms with van der Waals surface area (Å²) < 4.78 is 14.8. The standard InChI is InChI=1S/C20H18FN5O2S/c21-18-14(3-4-16(24-18)25-8-5-13(27)11-25)19-23-15-6-9-26(20(28)17(15)29-19)12-2-1-7-22-10-12/h1-4,7,10,13,27H,5-6,8-9,11H2. The Morgan fingerprint density at radius 2 is 2.10 bits per heavy atom. The Labute approximate surface area is 170 Å². The van der Waals surface area contributed by atoms with Crippen molar-refractivity contribution in [2.75, 3.05) is 29.4 Å². The number of anilines is 2. The molecular weight excluding hydrogens is 393 g/mol. The number of rotatable bonds is 3. The number of amides is 1. The number of carbonyl (C=O) groups excluding carboxylic acids is 1. The Hall–Kier alpha value is -2.91. The van der Waals surface area contributed by atoms with Gasteiger partial charge in [-0.3, -0.25) is 9.78 Å². The highest BCUT2D eigenvalue weighted by Gasteiger charge is 2.30. The molecular formula is C20H18FN5O2S. The molecule has 3 aromatic rings. The fourth-order valence-corrected chi connectivity index (χ4v) is 4.79. The highest BCUT2D eigenvalue weighted by Crippen LogP contribution is 2.34. The number of β-amino-alcohol motifs (C(OH)–C–C–N with tert-alkyl or cyclic N) is 1. The molecule has 1 fully saturated rings. The first-order chi connectivity index (χ1) is 14.1. The molecule has 1 amide bonds. The predicted molar refractivity (Wildman–Crippen MR) is 108 cm³/mol. The number of nitrogens with zero attached hydrogens (tertiary/aromatic N) is 5. The second-order valence-electron chi connectivity index (χ2n) is 7.11. The molecule has 29 heavy (non-hydrogen) atoms. The van der Waals surface area contributed by atoms with Crippen molar-refractivity contribution in [3.8, 4) is 10.6 Å². The summed E-state index contributed by atoms with van der Waals surface area (Å²) in [6, 6.07) is 7.02. The molecule has 9 heteroatoms. The molecule has 1 saturated heterocycles. The number of hydrogen-bond donors (Lipinski definition) is 1. The van der Waals surface area contributed by atoms with Crippen molar-refractivity contribution in [1.82, 2.24) is 15.0 Å². The molecule has 3 aromatic heterocycles. The molecule has 5 heterocycles. The number of carbonyl (C=O) groups is 1. The van der Waals surface area contributed by atoms with Crippen LogP contribution < -0.4 is 9.80 Å². The summed E-state index contributed by atoms with van der Waals surface area (Å²) in [6.07, 6.45) is 4.17. The first-order valence-corrected chi connectivity index (χ1v) is 10.2. The van der Waals surface area contributed by atoms with Crippen LogP contribution in [0, 0.1) is 5.95 Å². The first kappa shape index (κ1) is 18.1. The third-order valence-electron chi connectivity index (χ3n) is 5.22. The Balaban J connectivity index is 1.43. The summed E-state index contributed by atoms with van der Waals surface area (Å²) in [5.41, 5.74) is 1.72. The van der Waals surface area contributed by atoms with Crippen LogP contribution in [-0.2, 0) is 6.42 Å². The van der Waals surface area contributed by atoms with Gasteiger partial charge in [-0.2, -0.15) is 4.39 Å². The molecule has 148 valence electrons. The average molecular weight is 411 g/mol.